The lowest BCUT2D eigenvalue weighted by Crippen LogP contribution is -2.40. The van der Waals surface area contributed by atoms with Crippen molar-refractivity contribution in [2.75, 3.05) is 24.1 Å². The molecule has 0 radical (unpaired) electrons. The predicted molar refractivity (Wildman–Crippen MR) is 152 cm³/mol. The van der Waals surface area contributed by atoms with Gasteiger partial charge in [0.15, 0.2) is 0 Å². The third-order valence-corrected chi connectivity index (χ3v) is 7.43. The summed E-state index contributed by atoms with van der Waals surface area (Å²) in [6.45, 7) is 4.82. The summed E-state index contributed by atoms with van der Waals surface area (Å²) in [5, 5.41) is 8.76. The van der Waals surface area contributed by atoms with Gasteiger partial charge in [-0.3, -0.25) is 14.3 Å². The average Bonchev–Trinajstić information content (AvgIpc) is 3.32. The number of rotatable bonds is 5. The fourth-order valence-electron chi connectivity index (χ4n) is 4.57. The van der Waals surface area contributed by atoms with Crippen molar-refractivity contribution in [3.63, 3.8) is 0 Å². The fourth-order valence-corrected chi connectivity index (χ4v) is 5.49. The molecular weight excluding hydrogens is 605 g/mol. The molecule has 3 aromatic heterocycles. The van der Waals surface area contributed by atoms with E-state index in [9.17, 15) is 9.59 Å². The summed E-state index contributed by atoms with van der Waals surface area (Å²) in [5.41, 5.74) is 8.79. The standard InChI is InChI=1S/C26H23ClIN7O2/c1-2-21(36)34-11-5-6-16(14-34)35-24-19(28)13-31-25(29)22(24)23(33-35)17-9-8-15(12-18(17)27)26(37)32-20-7-3-4-10-30-20/h2-4,7-10,12-13,16H,1,5-6,11,14H2,(H2,29,31)(H,30,32,37)/t16-/m1/s1. The number of anilines is 2. The molecule has 0 aliphatic carbocycles. The number of benzene rings is 1. The zero-order valence-electron chi connectivity index (χ0n) is 19.7. The Labute approximate surface area is 231 Å². The third kappa shape index (κ3) is 4.90. The number of fused-ring (bicyclic) bond motifs is 1. The number of aromatic nitrogens is 4. The highest BCUT2D eigenvalue weighted by Crippen LogP contribution is 2.39. The summed E-state index contributed by atoms with van der Waals surface area (Å²) >= 11 is 8.93. The molecule has 1 saturated heterocycles. The number of nitrogens with one attached hydrogen (secondary N) is 1. The molecule has 0 saturated carbocycles. The van der Waals surface area contributed by atoms with Crippen LogP contribution in [0.2, 0.25) is 5.02 Å². The van der Waals surface area contributed by atoms with E-state index in [0.29, 0.717) is 52.0 Å². The van der Waals surface area contributed by atoms with Crippen LogP contribution >= 0.6 is 34.2 Å². The van der Waals surface area contributed by atoms with E-state index in [2.05, 4.69) is 44.5 Å². The molecule has 0 bridgehead atoms. The number of nitrogen functional groups attached to an aromatic ring is 1. The van der Waals surface area contributed by atoms with E-state index in [1.54, 1.807) is 53.7 Å². The van der Waals surface area contributed by atoms with Crippen molar-refractivity contribution in [2.24, 2.45) is 0 Å². The molecule has 2 amide bonds. The van der Waals surface area contributed by atoms with Gasteiger partial charge in [-0.1, -0.05) is 30.3 Å². The van der Waals surface area contributed by atoms with Crippen molar-refractivity contribution < 1.29 is 9.59 Å². The minimum absolute atomic E-state index is 0.0496. The predicted octanol–water partition coefficient (Wildman–Crippen LogP) is 4.94. The van der Waals surface area contributed by atoms with Gasteiger partial charge in [0.25, 0.3) is 5.91 Å². The molecule has 188 valence electrons. The molecule has 37 heavy (non-hydrogen) atoms. The number of carbonyl (C=O) groups is 2. The topological polar surface area (TPSA) is 119 Å². The Hall–Kier alpha value is -3.51. The summed E-state index contributed by atoms with van der Waals surface area (Å²) in [7, 11) is 0. The van der Waals surface area contributed by atoms with Gasteiger partial charge in [-0.15, -0.1) is 0 Å². The van der Waals surface area contributed by atoms with Gasteiger partial charge in [0.2, 0.25) is 5.91 Å². The third-order valence-electron chi connectivity index (χ3n) is 6.33. The zero-order chi connectivity index (χ0) is 26.1. The molecule has 1 aliphatic rings. The number of likely N-dealkylation sites (tertiary alicyclic amines) is 1. The van der Waals surface area contributed by atoms with Crippen molar-refractivity contribution in [3.05, 3.63) is 75.6 Å². The smallest absolute Gasteiger partial charge is 0.256 e. The van der Waals surface area contributed by atoms with Crippen LogP contribution in [-0.4, -0.2) is 49.6 Å². The largest absolute Gasteiger partial charge is 0.383 e. The monoisotopic (exact) mass is 627 g/mol. The first kappa shape index (κ1) is 25.2. The summed E-state index contributed by atoms with van der Waals surface area (Å²) in [5.74, 6) is 0.356. The van der Waals surface area contributed by atoms with Gasteiger partial charge in [0.1, 0.15) is 17.3 Å². The summed E-state index contributed by atoms with van der Waals surface area (Å²) in [4.78, 5) is 35.3. The van der Waals surface area contributed by atoms with E-state index < -0.39 is 0 Å². The molecule has 9 nitrogen and oxygen atoms in total. The Balaban J connectivity index is 1.55. The van der Waals surface area contributed by atoms with Crippen LogP contribution in [0.1, 0.15) is 29.2 Å². The van der Waals surface area contributed by atoms with Crippen LogP contribution in [0.4, 0.5) is 11.6 Å². The quantitative estimate of drug-likeness (QED) is 0.239. The summed E-state index contributed by atoms with van der Waals surface area (Å²) in [6, 6.07) is 10.3. The van der Waals surface area contributed by atoms with Gasteiger partial charge >= 0.3 is 0 Å². The maximum atomic E-state index is 12.7. The SMILES string of the molecule is C=CC(=O)N1CCC[C@@H](n2nc(-c3ccc(C(=O)Nc4ccccn4)cc3Cl)c3c(N)ncc(I)c32)C1. The number of nitrogens with two attached hydrogens (primary N) is 1. The Bertz CT molecular complexity index is 1520. The Morgan fingerprint density at radius 3 is 2.81 bits per heavy atom. The first-order valence-corrected chi connectivity index (χ1v) is 13.1. The van der Waals surface area contributed by atoms with Crippen LogP contribution in [0.5, 0.6) is 0 Å². The van der Waals surface area contributed by atoms with Crippen LogP contribution in [0.15, 0.2) is 61.4 Å². The van der Waals surface area contributed by atoms with Crippen LogP contribution in [0.25, 0.3) is 22.2 Å². The number of nitrogens with zero attached hydrogens (tertiary/aromatic N) is 5. The van der Waals surface area contributed by atoms with Crippen molar-refractivity contribution in [2.45, 2.75) is 18.9 Å². The van der Waals surface area contributed by atoms with Gasteiger partial charge in [-0.25, -0.2) is 9.97 Å². The first-order valence-electron chi connectivity index (χ1n) is 11.6. The Morgan fingerprint density at radius 1 is 1.24 bits per heavy atom. The molecule has 1 fully saturated rings. The lowest BCUT2D eigenvalue weighted by molar-refractivity contribution is -0.127. The van der Waals surface area contributed by atoms with E-state index in [0.717, 1.165) is 21.9 Å². The van der Waals surface area contributed by atoms with E-state index in [-0.39, 0.29) is 17.9 Å². The molecule has 0 spiro atoms. The highest BCUT2D eigenvalue weighted by molar-refractivity contribution is 14.1. The maximum Gasteiger partial charge on any atom is 0.256 e. The lowest BCUT2D eigenvalue weighted by atomic mass is 10.0. The molecule has 0 unspecified atom stereocenters. The molecular formula is C26H23ClIN7O2. The van der Waals surface area contributed by atoms with Gasteiger partial charge in [-0.2, -0.15) is 5.10 Å². The Morgan fingerprint density at radius 2 is 2.08 bits per heavy atom. The number of hydrogen-bond donors (Lipinski definition) is 2. The second kappa shape index (κ2) is 10.5. The van der Waals surface area contributed by atoms with Crippen molar-refractivity contribution in [1.82, 2.24) is 24.6 Å². The summed E-state index contributed by atoms with van der Waals surface area (Å²) < 4.78 is 2.82. The van der Waals surface area contributed by atoms with Crippen molar-refractivity contribution in [3.8, 4) is 11.3 Å². The number of piperidine rings is 1. The lowest BCUT2D eigenvalue weighted by Gasteiger charge is -2.32. The average molecular weight is 628 g/mol. The molecule has 1 atom stereocenters. The van der Waals surface area contributed by atoms with Crippen molar-refractivity contribution in [1.29, 1.82) is 0 Å². The second-order valence-electron chi connectivity index (χ2n) is 8.66. The van der Waals surface area contributed by atoms with Crippen LogP contribution < -0.4 is 11.1 Å². The minimum atomic E-state index is -0.326. The highest BCUT2D eigenvalue weighted by Gasteiger charge is 2.29. The molecule has 4 aromatic rings. The summed E-state index contributed by atoms with van der Waals surface area (Å²) in [6.07, 6.45) is 6.36. The van der Waals surface area contributed by atoms with Gasteiger partial charge in [-0.05, 0) is 65.8 Å². The van der Waals surface area contributed by atoms with Gasteiger partial charge in [0, 0.05) is 36.6 Å². The van der Waals surface area contributed by atoms with Crippen LogP contribution in [-0.2, 0) is 4.79 Å². The van der Waals surface area contributed by atoms with Crippen LogP contribution in [0, 0.1) is 3.57 Å². The first-order chi connectivity index (χ1) is 17.9. The number of carbonyl (C=O) groups excluding carboxylic acids is 2. The molecule has 5 rings (SSSR count). The second-order valence-corrected chi connectivity index (χ2v) is 10.2. The number of halogens is 2. The number of pyridine rings is 2. The highest BCUT2D eigenvalue weighted by atomic mass is 127. The fraction of sp³-hybridized carbons (Fsp3) is 0.192. The van der Waals surface area contributed by atoms with E-state index in [1.165, 1.54) is 6.08 Å². The van der Waals surface area contributed by atoms with Gasteiger partial charge < -0.3 is 16.0 Å². The molecule has 4 heterocycles. The molecule has 1 aromatic carbocycles. The van der Waals surface area contributed by atoms with E-state index in [4.69, 9.17) is 22.4 Å². The van der Waals surface area contributed by atoms with Crippen LogP contribution in [0.3, 0.4) is 0 Å². The Kier molecular flexibility index (Phi) is 7.11. The van der Waals surface area contributed by atoms with E-state index in [1.807, 2.05) is 4.68 Å². The van der Waals surface area contributed by atoms with Crippen molar-refractivity contribution >= 4 is 68.5 Å². The van der Waals surface area contributed by atoms with Gasteiger partial charge in [0.05, 0.1) is 25.5 Å². The normalized spacial score (nSPS) is 15.5. The number of amides is 2. The number of hydrogen-bond acceptors (Lipinski definition) is 6. The van der Waals surface area contributed by atoms with E-state index >= 15 is 0 Å². The molecule has 11 heteroatoms. The molecule has 3 N–H and O–H groups in total. The molecule has 1 aliphatic heterocycles. The maximum absolute atomic E-state index is 12.7. The zero-order valence-corrected chi connectivity index (χ0v) is 22.6. The minimum Gasteiger partial charge on any atom is -0.383 e.